The Morgan fingerprint density at radius 2 is 1.76 bits per heavy atom. The van der Waals surface area contributed by atoms with Crippen LogP contribution in [0.4, 0.5) is 11.4 Å². The van der Waals surface area contributed by atoms with Gasteiger partial charge in [-0.1, -0.05) is 29.8 Å². The lowest BCUT2D eigenvalue weighted by Gasteiger charge is -2.24. The summed E-state index contributed by atoms with van der Waals surface area (Å²) in [5, 5.41) is 6.30. The number of ketones is 1. The third kappa shape index (κ3) is 2.81. The Balaban J connectivity index is 1.86. The van der Waals surface area contributed by atoms with E-state index in [1.807, 2.05) is 0 Å². The highest BCUT2D eigenvalue weighted by molar-refractivity contribution is 6.49. The van der Waals surface area contributed by atoms with Gasteiger partial charge in [0.1, 0.15) is 23.4 Å². The van der Waals surface area contributed by atoms with Crippen molar-refractivity contribution < 1.29 is 19.1 Å². The fourth-order valence-electron chi connectivity index (χ4n) is 3.80. The van der Waals surface area contributed by atoms with Crippen LogP contribution >= 0.6 is 11.6 Å². The summed E-state index contributed by atoms with van der Waals surface area (Å²) >= 11 is 6.24. The van der Waals surface area contributed by atoms with Crippen molar-refractivity contribution in [1.29, 1.82) is 0 Å². The number of benzene rings is 2. The predicted molar refractivity (Wildman–Crippen MR) is 110 cm³/mol. The quantitative estimate of drug-likeness (QED) is 0.722. The van der Waals surface area contributed by atoms with Gasteiger partial charge in [-0.3, -0.25) is 19.4 Å². The number of hydrogen-bond donors (Lipinski definition) is 0. The summed E-state index contributed by atoms with van der Waals surface area (Å²) in [6, 6.07) is 11.0. The first-order valence-corrected chi connectivity index (χ1v) is 9.39. The molecule has 29 heavy (non-hydrogen) atoms. The summed E-state index contributed by atoms with van der Waals surface area (Å²) in [7, 11) is 1.47. The molecular weight excluding hydrogens is 394 g/mol. The number of ether oxygens (including phenoxy) is 1. The molecule has 2 aromatic carbocycles. The number of imide groups is 1. The molecule has 148 valence electrons. The molecule has 2 aliphatic heterocycles. The van der Waals surface area contributed by atoms with Gasteiger partial charge in [-0.05, 0) is 36.8 Å². The van der Waals surface area contributed by atoms with E-state index in [4.69, 9.17) is 16.3 Å². The van der Waals surface area contributed by atoms with Gasteiger partial charge < -0.3 is 4.74 Å². The molecule has 0 bridgehead atoms. The van der Waals surface area contributed by atoms with E-state index in [-0.39, 0.29) is 11.5 Å². The van der Waals surface area contributed by atoms with Gasteiger partial charge in [0.2, 0.25) is 5.91 Å². The zero-order valence-electron chi connectivity index (χ0n) is 16.0. The van der Waals surface area contributed by atoms with Gasteiger partial charge in [0.25, 0.3) is 5.91 Å². The van der Waals surface area contributed by atoms with Gasteiger partial charge in [-0.15, -0.1) is 0 Å². The Hall–Kier alpha value is -3.19. The molecule has 2 amide bonds. The van der Waals surface area contributed by atoms with Crippen LogP contribution in [-0.2, 0) is 14.4 Å². The molecule has 2 aliphatic rings. The lowest BCUT2D eigenvalue weighted by atomic mass is 9.95. The molecule has 7 nitrogen and oxygen atoms in total. The molecule has 0 saturated carbocycles. The van der Waals surface area contributed by atoms with Crippen molar-refractivity contribution in [2.45, 2.75) is 19.9 Å². The fourth-order valence-corrected chi connectivity index (χ4v) is 3.97. The number of carbonyl (C=O) groups is 3. The molecule has 1 saturated heterocycles. The number of hydrazone groups is 1. The molecule has 0 spiro atoms. The van der Waals surface area contributed by atoms with Crippen molar-refractivity contribution in [2.24, 2.45) is 11.0 Å². The van der Waals surface area contributed by atoms with Crippen molar-refractivity contribution in [1.82, 2.24) is 0 Å². The summed E-state index contributed by atoms with van der Waals surface area (Å²) in [5.74, 6) is -1.92. The predicted octanol–water partition coefficient (Wildman–Crippen LogP) is 2.98. The monoisotopic (exact) mass is 411 g/mol. The minimum Gasteiger partial charge on any atom is -0.495 e. The summed E-state index contributed by atoms with van der Waals surface area (Å²) in [5.41, 5.74) is 1.68. The number of Topliss-reactive ketones (excluding diaryl/α,β-unsaturated/α-hetero) is 1. The van der Waals surface area contributed by atoms with E-state index in [0.717, 1.165) is 4.90 Å². The highest BCUT2D eigenvalue weighted by Crippen LogP contribution is 2.41. The smallest absolute Gasteiger partial charge is 0.260 e. The third-order valence-corrected chi connectivity index (χ3v) is 5.63. The number of halogens is 1. The van der Waals surface area contributed by atoms with Crippen LogP contribution < -0.4 is 14.6 Å². The lowest BCUT2D eigenvalue weighted by Crippen LogP contribution is -2.39. The lowest BCUT2D eigenvalue weighted by molar-refractivity contribution is -0.122. The van der Waals surface area contributed by atoms with Gasteiger partial charge in [-0.25, -0.2) is 4.90 Å². The Morgan fingerprint density at radius 3 is 2.45 bits per heavy atom. The first-order valence-electron chi connectivity index (χ1n) is 9.01. The molecule has 0 aliphatic carbocycles. The van der Waals surface area contributed by atoms with Gasteiger partial charge in [-0.2, -0.15) is 5.10 Å². The Kier molecular flexibility index (Phi) is 4.62. The average molecular weight is 412 g/mol. The maximum atomic E-state index is 13.4. The van der Waals surface area contributed by atoms with Gasteiger partial charge in [0.05, 0.1) is 18.5 Å². The van der Waals surface area contributed by atoms with Crippen LogP contribution in [0.25, 0.3) is 0 Å². The van der Waals surface area contributed by atoms with E-state index in [1.165, 1.54) is 19.0 Å². The zero-order valence-corrected chi connectivity index (χ0v) is 16.8. The molecule has 0 aromatic heterocycles. The van der Waals surface area contributed by atoms with Crippen LogP contribution in [0.5, 0.6) is 5.75 Å². The number of carbonyl (C=O) groups excluding carboxylic acids is 3. The molecule has 2 heterocycles. The second-order valence-electron chi connectivity index (χ2n) is 6.88. The molecule has 1 fully saturated rings. The van der Waals surface area contributed by atoms with Crippen LogP contribution in [0.2, 0.25) is 5.02 Å². The molecule has 2 atom stereocenters. The number of fused-ring (bicyclic) bond motifs is 1. The molecule has 0 N–H and O–H groups in total. The first-order chi connectivity index (χ1) is 13.9. The largest absolute Gasteiger partial charge is 0.495 e. The molecule has 8 heteroatoms. The van der Waals surface area contributed by atoms with Crippen LogP contribution in [0.3, 0.4) is 0 Å². The minimum absolute atomic E-state index is 0.0603. The van der Waals surface area contributed by atoms with Gasteiger partial charge in [0, 0.05) is 11.9 Å². The SMILES string of the molecule is COc1ccccc1N1C(=O)C2C(C(C)=O)=NN(c3cccc(Cl)c3C)C2C1=O. The number of amides is 2. The molecule has 0 radical (unpaired) electrons. The highest BCUT2D eigenvalue weighted by Gasteiger charge is 2.58. The number of hydrogen-bond acceptors (Lipinski definition) is 6. The highest BCUT2D eigenvalue weighted by atomic mass is 35.5. The van der Waals surface area contributed by atoms with E-state index in [0.29, 0.717) is 27.7 Å². The second kappa shape index (κ2) is 7.00. The first kappa shape index (κ1) is 19.1. The van der Waals surface area contributed by atoms with Crippen LogP contribution in [-0.4, -0.2) is 36.5 Å². The minimum atomic E-state index is -0.983. The van der Waals surface area contributed by atoms with Crippen LogP contribution in [0, 0.1) is 12.8 Å². The van der Waals surface area contributed by atoms with E-state index < -0.39 is 23.8 Å². The number of anilines is 2. The van der Waals surface area contributed by atoms with Crippen molar-refractivity contribution in [2.75, 3.05) is 17.0 Å². The second-order valence-corrected chi connectivity index (χ2v) is 7.28. The molecule has 4 rings (SSSR count). The van der Waals surface area contributed by atoms with Crippen molar-refractivity contribution in [3.63, 3.8) is 0 Å². The number of rotatable bonds is 4. The Morgan fingerprint density at radius 1 is 1.07 bits per heavy atom. The van der Waals surface area contributed by atoms with E-state index in [2.05, 4.69) is 5.10 Å². The fraction of sp³-hybridized carbons (Fsp3) is 0.238. The Labute approximate surface area is 172 Å². The topological polar surface area (TPSA) is 79.3 Å². The van der Waals surface area contributed by atoms with E-state index >= 15 is 0 Å². The standard InChI is InChI=1S/C21H18ClN3O4/c1-11-13(22)7-6-9-14(11)25-19-17(18(23-25)12(2)26)20(27)24(21(19)28)15-8-4-5-10-16(15)29-3/h4-10,17,19H,1-3H3. The number of methoxy groups -OCH3 is 1. The van der Waals surface area contributed by atoms with Gasteiger partial charge in [0.15, 0.2) is 5.78 Å². The van der Waals surface area contributed by atoms with E-state index in [1.54, 1.807) is 49.4 Å². The normalized spacial score (nSPS) is 20.8. The zero-order chi connectivity index (χ0) is 20.9. The van der Waals surface area contributed by atoms with Crippen molar-refractivity contribution in [3.8, 4) is 5.75 Å². The van der Waals surface area contributed by atoms with Crippen LogP contribution in [0.15, 0.2) is 47.6 Å². The van der Waals surface area contributed by atoms with E-state index in [9.17, 15) is 14.4 Å². The van der Waals surface area contributed by atoms with Crippen molar-refractivity contribution in [3.05, 3.63) is 53.1 Å². The van der Waals surface area contributed by atoms with Crippen molar-refractivity contribution >= 4 is 46.3 Å². The summed E-state index contributed by atoms with van der Waals surface area (Å²) in [6.07, 6.45) is 0. The summed E-state index contributed by atoms with van der Waals surface area (Å²) < 4.78 is 5.32. The summed E-state index contributed by atoms with van der Waals surface area (Å²) in [6.45, 7) is 3.14. The average Bonchev–Trinajstić information content (AvgIpc) is 3.21. The third-order valence-electron chi connectivity index (χ3n) is 5.22. The van der Waals surface area contributed by atoms with Gasteiger partial charge >= 0.3 is 0 Å². The number of para-hydroxylation sites is 2. The maximum absolute atomic E-state index is 13.4. The number of nitrogens with zero attached hydrogens (tertiary/aromatic N) is 3. The molecule has 2 aromatic rings. The Bertz CT molecular complexity index is 1080. The molecule has 2 unspecified atom stereocenters. The summed E-state index contributed by atoms with van der Waals surface area (Å²) in [4.78, 5) is 40.0. The molecular formula is C21H18ClN3O4. The van der Waals surface area contributed by atoms with Crippen LogP contribution in [0.1, 0.15) is 12.5 Å². The maximum Gasteiger partial charge on any atom is 0.260 e.